The fraction of sp³-hybridized carbons (Fsp3) is 0.857. The molecule has 1 aliphatic heterocycles. The van der Waals surface area contributed by atoms with Gasteiger partial charge in [0.2, 0.25) is 5.91 Å². The molecular formula is C14H28N4O2. The van der Waals surface area contributed by atoms with Gasteiger partial charge in [0.1, 0.15) is 0 Å². The minimum Gasteiger partial charge on any atom is -0.338 e. The molecule has 0 saturated carbocycles. The standard InChI is InChI=1S/C14H28N4O2/c1-4-16-14(20)17-13(19)11(2)18(3)10-7-12-5-8-15-9-6-12/h11-12,15H,4-10H2,1-3H3,(H2,16,17,19,20). The van der Waals surface area contributed by atoms with Gasteiger partial charge >= 0.3 is 6.03 Å². The SMILES string of the molecule is CCNC(=O)NC(=O)C(C)N(C)CCC1CCNCC1. The smallest absolute Gasteiger partial charge is 0.321 e. The lowest BCUT2D eigenvalue weighted by molar-refractivity contribution is -0.124. The molecule has 1 rings (SSSR count). The van der Waals surface area contributed by atoms with Gasteiger partial charge in [-0.15, -0.1) is 0 Å². The molecule has 3 N–H and O–H groups in total. The van der Waals surface area contributed by atoms with E-state index in [9.17, 15) is 9.59 Å². The van der Waals surface area contributed by atoms with Crippen molar-refractivity contribution in [3.8, 4) is 0 Å². The summed E-state index contributed by atoms with van der Waals surface area (Å²) in [6.07, 6.45) is 3.54. The molecule has 1 atom stereocenters. The molecule has 6 nitrogen and oxygen atoms in total. The number of amides is 3. The molecule has 1 unspecified atom stereocenters. The summed E-state index contributed by atoms with van der Waals surface area (Å²) >= 11 is 0. The molecule has 0 bridgehead atoms. The third-order valence-corrected chi connectivity index (χ3v) is 3.96. The zero-order valence-corrected chi connectivity index (χ0v) is 12.9. The Morgan fingerprint density at radius 3 is 2.60 bits per heavy atom. The molecule has 0 aromatic heterocycles. The van der Waals surface area contributed by atoms with Crippen LogP contribution < -0.4 is 16.0 Å². The van der Waals surface area contributed by atoms with Crippen LogP contribution in [0.1, 0.15) is 33.1 Å². The van der Waals surface area contributed by atoms with E-state index in [1.165, 1.54) is 12.8 Å². The highest BCUT2D eigenvalue weighted by Crippen LogP contribution is 2.16. The first-order chi connectivity index (χ1) is 9.54. The Hall–Kier alpha value is -1.14. The van der Waals surface area contributed by atoms with Crippen LogP contribution in [0, 0.1) is 5.92 Å². The summed E-state index contributed by atoms with van der Waals surface area (Å²) in [5.41, 5.74) is 0. The lowest BCUT2D eigenvalue weighted by atomic mass is 9.94. The van der Waals surface area contributed by atoms with Gasteiger partial charge in [0, 0.05) is 6.54 Å². The molecule has 0 aromatic carbocycles. The van der Waals surface area contributed by atoms with E-state index in [2.05, 4.69) is 16.0 Å². The first-order valence-corrected chi connectivity index (χ1v) is 7.54. The molecule has 0 radical (unpaired) electrons. The summed E-state index contributed by atoms with van der Waals surface area (Å²) in [6.45, 7) is 7.24. The topological polar surface area (TPSA) is 73.5 Å². The fourth-order valence-corrected chi connectivity index (χ4v) is 2.37. The van der Waals surface area contributed by atoms with Crippen LogP contribution in [0.4, 0.5) is 4.79 Å². The van der Waals surface area contributed by atoms with E-state index in [-0.39, 0.29) is 11.9 Å². The van der Waals surface area contributed by atoms with Crippen LogP contribution in [-0.4, -0.2) is 56.1 Å². The Morgan fingerprint density at radius 2 is 2.00 bits per heavy atom. The van der Waals surface area contributed by atoms with Crippen LogP contribution in [0.5, 0.6) is 0 Å². The average Bonchev–Trinajstić information content (AvgIpc) is 2.45. The molecule has 1 aliphatic rings. The van der Waals surface area contributed by atoms with Crippen molar-refractivity contribution in [2.75, 3.05) is 33.2 Å². The van der Waals surface area contributed by atoms with Crippen molar-refractivity contribution in [2.45, 2.75) is 39.2 Å². The van der Waals surface area contributed by atoms with Gasteiger partial charge in [-0.1, -0.05) is 0 Å². The average molecular weight is 284 g/mol. The summed E-state index contributed by atoms with van der Waals surface area (Å²) in [4.78, 5) is 25.2. The maximum atomic E-state index is 11.9. The monoisotopic (exact) mass is 284 g/mol. The lowest BCUT2D eigenvalue weighted by Crippen LogP contribution is -2.48. The molecule has 116 valence electrons. The number of nitrogens with one attached hydrogen (secondary N) is 3. The van der Waals surface area contributed by atoms with Crippen molar-refractivity contribution in [1.82, 2.24) is 20.9 Å². The van der Waals surface area contributed by atoms with Crippen LogP contribution in [0.15, 0.2) is 0 Å². The minimum atomic E-state index is -0.420. The lowest BCUT2D eigenvalue weighted by Gasteiger charge is -2.27. The Balaban J connectivity index is 2.28. The van der Waals surface area contributed by atoms with Gasteiger partial charge in [-0.25, -0.2) is 4.79 Å². The van der Waals surface area contributed by atoms with Crippen LogP contribution >= 0.6 is 0 Å². The molecule has 1 heterocycles. The second kappa shape index (κ2) is 8.92. The molecule has 1 fully saturated rings. The Bertz CT molecular complexity index is 316. The van der Waals surface area contributed by atoms with E-state index < -0.39 is 6.03 Å². The number of hydrogen-bond acceptors (Lipinski definition) is 4. The second-order valence-corrected chi connectivity index (χ2v) is 5.49. The molecule has 0 spiro atoms. The van der Waals surface area contributed by atoms with Gasteiger partial charge in [0.05, 0.1) is 6.04 Å². The third-order valence-electron chi connectivity index (χ3n) is 3.96. The van der Waals surface area contributed by atoms with Crippen LogP contribution in [-0.2, 0) is 4.79 Å². The number of carbonyl (C=O) groups is 2. The number of likely N-dealkylation sites (N-methyl/N-ethyl adjacent to an activating group) is 1. The number of piperidine rings is 1. The predicted octanol–water partition coefficient (Wildman–Crippen LogP) is 0.542. The van der Waals surface area contributed by atoms with Gasteiger partial charge in [-0.3, -0.25) is 15.0 Å². The van der Waals surface area contributed by atoms with E-state index in [1.54, 1.807) is 0 Å². The van der Waals surface area contributed by atoms with Gasteiger partial charge in [0.25, 0.3) is 0 Å². The van der Waals surface area contributed by atoms with Crippen molar-refractivity contribution in [3.63, 3.8) is 0 Å². The summed E-state index contributed by atoms with van der Waals surface area (Å²) < 4.78 is 0. The normalized spacial score (nSPS) is 17.8. The van der Waals surface area contributed by atoms with Crippen molar-refractivity contribution in [2.24, 2.45) is 5.92 Å². The van der Waals surface area contributed by atoms with Gasteiger partial charge in [0.15, 0.2) is 0 Å². The highest BCUT2D eigenvalue weighted by atomic mass is 16.2. The van der Waals surface area contributed by atoms with E-state index in [0.29, 0.717) is 6.54 Å². The number of carbonyl (C=O) groups excluding carboxylic acids is 2. The summed E-state index contributed by atoms with van der Waals surface area (Å²) in [5.74, 6) is 0.501. The Kier molecular flexibility index (Phi) is 7.54. The highest BCUT2D eigenvalue weighted by Gasteiger charge is 2.21. The molecule has 1 saturated heterocycles. The zero-order valence-electron chi connectivity index (χ0n) is 12.9. The number of nitrogens with zero attached hydrogens (tertiary/aromatic N) is 1. The third kappa shape index (κ3) is 5.88. The highest BCUT2D eigenvalue weighted by molar-refractivity contribution is 5.96. The zero-order chi connectivity index (χ0) is 15.0. The largest absolute Gasteiger partial charge is 0.338 e. The number of imide groups is 1. The molecule has 20 heavy (non-hydrogen) atoms. The summed E-state index contributed by atoms with van der Waals surface area (Å²) in [6, 6.07) is -0.713. The van der Waals surface area contributed by atoms with Gasteiger partial charge < -0.3 is 10.6 Å². The van der Waals surface area contributed by atoms with Crippen molar-refractivity contribution in [1.29, 1.82) is 0 Å². The molecular weight excluding hydrogens is 256 g/mol. The van der Waals surface area contributed by atoms with Crippen LogP contribution in [0.25, 0.3) is 0 Å². The quantitative estimate of drug-likeness (QED) is 0.666. The van der Waals surface area contributed by atoms with Crippen molar-refractivity contribution < 1.29 is 9.59 Å². The van der Waals surface area contributed by atoms with Crippen molar-refractivity contribution in [3.05, 3.63) is 0 Å². The molecule has 0 aliphatic carbocycles. The minimum absolute atomic E-state index is 0.247. The predicted molar refractivity (Wildman–Crippen MR) is 79.5 cm³/mol. The molecule has 6 heteroatoms. The Labute approximate surface area is 121 Å². The number of rotatable bonds is 6. The molecule has 3 amide bonds. The Morgan fingerprint density at radius 1 is 1.35 bits per heavy atom. The van der Waals surface area contributed by atoms with E-state index in [4.69, 9.17) is 0 Å². The fourth-order valence-electron chi connectivity index (χ4n) is 2.37. The second-order valence-electron chi connectivity index (χ2n) is 5.49. The number of hydrogen-bond donors (Lipinski definition) is 3. The maximum Gasteiger partial charge on any atom is 0.321 e. The van der Waals surface area contributed by atoms with E-state index >= 15 is 0 Å². The maximum absolute atomic E-state index is 11.9. The van der Waals surface area contributed by atoms with Gasteiger partial charge in [-0.2, -0.15) is 0 Å². The number of urea groups is 1. The summed E-state index contributed by atoms with van der Waals surface area (Å²) in [5, 5.41) is 8.27. The first-order valence-electron chi connectivity index (χ1n) is 7.54. The van der Waals surface area contributed by atoms with Gasteiger partial charge in [-0.05, 0) is 65.7 Å². The van der Waals surface area contributed by atoms with Crippen LogP contribution in [0.2, 0.25) is 0 Å². The van der Waals surface area contributed by atoms with E-state index in [1.807, 2.05) is 25.8 Å². The van der Waals surface area contributed by atoms with Crippen LogP contribution in [0.3, 0.4) is 0 Å². The first kappa shape index (κ1) is 16.9. The van der Waals surface area contributed by atoms with E-state index in [0.717, 1.165) is 32.0 Å². The molecule has 0 aromatic rings. The van der Waals surface area contributed by atoms with Crippen molar-refractivity contribution >= 4 is 11.9 Å². The summed E-state index contributed by atoms with van der Waals surface area (Å²) in [7, 11) is 1.93.